The Hall–Kier alpha value is -3.54. The lowest BCUT2D eigenvalue weighted by Gasteiger charge is -2.32. The maximum absolute atomic E-state index is 13.3. The van der Waals surface area contributed by atoms with Crippen LogP contribution in [0.15, 0.2) is 84.9 Å². The number of ketones is 1. The summed E-state index contributed by atoms with van der Waals surface area (Å²) in [6, 6.07) is 27.8. The lowest BCUT2D eigenvalue weighted by molar-refractivity contribution is 0.0961. The van der Waals surface area contributed by atoms with Crippen molar-refractivity contribution in [3.8, 4) is 5.75 Å². The monoisotopic (exact) mass is 536 g/mol. The van der Waals surface area contributed by atoms with Crippen LogP contribution in [0.25, 0.3) is 10.8 Å². The molecule has 4 aromatic carbocycles. The predicted molar refractivity (Wildman–Crippen MR) is 158 cm³/mol. The Morgan fingerprint density at radius 2 is 1.65 bits per heavy atom. The van der Waals surface area contributed by atoms with Crippen molar-refractivity contribution in [3.05, 3.63) is 113 Å². The van der Waals surface area contributed by atoms with Crippen molar-refractivity contribution < 1.29 is 13.9 Å². The van der Waals surface area contributed by atoms with E-state index in [1.165, 1.54) is 28.5 Å². The van der Waals surface area contributed by atoms with Crippen molar-refractivity contribution in [1.82, 2.24) is 9.80 Å². The number of hydrogen-bond donors (Lipinski definition) is 0. The Kier molecular flexibility index (Phi) is 8.22. The number of benzene rings is 4. The number of likely N-dealkylation sites (tertiary alicyclic amines) is 1. The molecule has 0 bridgehead atoms. The smallest absolute Gasteiger partial charge is 0.162 e. The third kappa shape index (κ3) is 6.43. The second kappa shape index (κ2) is 12.3. The van der Waals surface area contributed by atoms with Crippen LogP contribution in [0.1, 0.15) is 52.7 Å². The van der Waals surface area contributed by atoms with Crippen LogP contribution >= 0.6 is 0 Å². The van der Waals surface area contributed by atoms with Crippen LogP contribution in [-0.4, -0.2) is 41.8 Å². The summed E-state index contributed by atoms with van der Waals surface area (Å²) >= 11 is 0. The zero-order chi connectivity index (χ0) is 27.3. The van der Waals surface area contributed by atoms with Gasteiger partial charge in [0.15, 0.2) is 5.78 Å². The van der Waals surface area contributed by atoms with E-state index in [0.717, 1.165) is 74.4 Å². The maximum atomic E-state index is 13.3. The summed E-state index contributed by atoms with van der Waals surface area (Å²) in [5.41, 5.74) is 4.29. The molecule has 0 amide bonds. The summed E-state index contributed by atoms with van der Waals surface area (Å²) in [6.45, 7) is 5.98. The minimum Gasteiger partial charge on any atom is -0.492 e. The molecule has 0 aliphatic carbocycles. The first-order valence-corrected chi connectivity index (χ1v) is 14.6. The van der Waals surface area contributed by atoms with E-state index in [9.17, 15) is 9.18 Å². The Morgan fingerprint density at radius 3 is 2.50 bits per heavy atom. The largest absolute Gasteiger partial charge is 0.492 e. The summed E-state index contributed by atoms with van der Waals surface area (Å²) in [7, 11) is 0. The van der Waals surface area contributed by atoms with Gasteiger partial charge in [-0.1, -0.05) is 54.6 Å². The van der Waals surface area contributed by atoms with E-state index in [1.807, 2.05) is 30.3 Å². The van der Waals surface area contributed by atoms with Gasteiger partial charge in [-0.05, 0) is 90.5 Å². The fourth-order valence-electron chi connectivity index (χ4n) is 6.19. The average Bonchev–Trinajstić information content (AvgIpc) is 3.19. The molecule has 0 unspecified atom stereocenters. The van der Waals surface area contributed by atoms with Gasteiger partial charge in [-0.15, -0.1) is 0 Å². The molecule has 0 atom stereocenters. The summed E-state index contributed by atoms with van der Waals surface area (Å²) in [4.78, 5) is 18.0. The van der Waals surface area contributed by atoms with Crippen LogP contribution in [0.3, 0.4) is 0 Å². The van der Waals surface area contributed by atoms with Crippen molar-refractivity contribution in [1.29, 1.82) is 0 Å². The van der Waals surface area contributed by atoms with E-state index >= 15 is 0 Å². The van der Waals surface area contributed by atoms with Crippen LogP contribution in [0.5, 0.6) is 5.75 Å². The minimum atomic E-state index is -0.220. The molecule has 2 aliphatic heterocycles. The lowest BCUT2D eigenvalue weighted by atomic mass is 9.90. The third-order valence-corrected chi connectivity index (χ3v) is 8.52. The Labute approximate surface area is 236 Å². The van der Waals surface area contributed by atoms with E-state index in [-0.39, 0.29) is 11.6 Å². The molecule has 0 N–H and O–H groups in total. The standard InChI is InChI=1S/C35H37FN2O2/c36-32-12-8-27(9-13-32)23-38-20-21-40-35-15-11-29(22-31(35)25-38)34(39)14-10-26-16-18-37(19-17-26)24-30-6-3-5-28-4-1-2-7-33(28)30/h1-9,11-13,15,22,26H,10,14,16-21,23-25H2. The normalized spacial score (nSPS) is 16.8. The topological polar surface area (TPSA) is 32.8 Å². The van der Waals surface area contributed by atoms with Crippen LogP contribution in [0.4, 0.5) is 4.39 Å². The molecule has 0 spiro atoms. The molecule has 4 aromatic rings. The van der Waals surface area contributed by atoms with Crippen molar-refractivity contribution in [2.45, 2.75) is 45.3 Å². The SMILES string of the molecule is O=C(CCC1CCN(Cc2cccc3ccccc23)CC1)c1ccc2c(c1)CN(Cc1ccc(F)cc1)CCO2. The number of rotatable bonds is 8. The Bertz CT molecular complexity index is 1450. The minimum absolute atomic E-state index is 0.218. The molecule has 5 heteroatoms. The van der Waals surface area contributed by atoms with Crippen molar-refractivity contribution >= 4 is 16.6 Å². The molecule has 40 heavy (non-hydrogen) atoms. The van der Waals surface area contributed by atoms with Crippen LogP contribution in [0, 0.1) is 11.7 Å². The number of halogens is 1. The number of carbonyl (C=O) groups is 1. The highest BCUT2D eigenvalue weighted by Gasteiger charge is 2.22. The quantitative estimate of drug-likeness (QED) is 0.222. The van der Waals surface area contributed by atoms with Gasteiger partial charge in [0.1, 0.15) is 18.2 Å². The molecule has 1 fully saturated rings. The number of hydrogen-bond acceptors (Lipinski definition) is 4. The number of carbonyl (C=O) groups excluding carboxylic acids is 1. The first kappa shape index (κ1) is 26.7. The van der Waals surface area contributed by atoms with E-state index < -0.39 is 0 Å². The summed E-state index contributed by atoms with van der Waals surface area (Å²) in [6.07, 6.45) is 3.83. The highest BCUT2D eigenvalue weighted by molar-refractivity contribution is 5.96. The van der Waals surface area contributed by atoms with Crippen LogP contribution < -0.4 is 4.74 Å². The Balaban J connectivity index is 1.01. The molecular formula is C35H37FN2O2. The van der Waals surface area contributed by atoms with Gasteiger partial charge in [-0.25, -0.2) is 4.39 Å². The van der Waals surface area contributed by atoms with E-state index in [2.05, 4.69) is 52.3 Å². The van der Waals surface area contributed by atoms with Crippen molar-refractivity contribution in [2.75, 3.05) is 26.2 Å². The van der Waals surface area contributed by atoms with Gasteiger partial charge in [0.05, 0.1) is 0 Å². The van der Waals surface area contributed by atoms with Crippen LogP contribution in [-0.2, 0) is 19.6 Å². The molecule has 0 saturated carbocycles. The highest BCUT2D eigenvalue weighted by Crippen LogP contribution is 2.29. The van der Waals surface area contributed by atoms with E-state index in [0.29, 0.717) is 25.5 Å². The van der Waals surface area contributed by atoms with E-state index in [4.69, 9.17) is 4.74 Å². The molecule has 1 saturated heterocycles. The first-order chi connectivity index (χ1) is 19.6. The molecule has 2 aliphatic rings. The molecule has 206 valence electrons. The van der Waals surface area contributed by atoms with Crippen LogP contribution in [0.2, 0.25) is 0 Å². The molecule has 6 rings (SSSR count). The van der Waals surface area contributed by atoms with E-state index in [1.54, 1.807) is 0 Å². The summed E-state index contributed by atoms with van der Waals surface area (Å²) < 4.78 is 19.3. The fourth-order valence-corrected chi connectivity index (χ4v) is 6.19. The number of nitrogens with zero attached hydrogens (tertiary/aromatic N) is 2. The second-order valence-corrected chi connectivity index (χ2v) is 11.3. The maximum Gasteiger partial charge on any atom is 0.162 e. The number of piperidine rings is 1. The van der Waals surface area contributed by atoms with Gasteiger partial charge in [0, 0.05) is 43.7 Å². The third-order valence-electron chi connectivity index (χ3n) is 8.52. The van der Waals surface area contributed by atoms with Crippen molar-refractivity contribution in [3.63, 3.8) is 0 Å². The van der Waals surface area contributed by atoms with Gasteiger partial charge in [0.25, 0.3) is 0 Å². The molecule has 4 nitrogen and oxygen atoms in total. The number of Topliss-reactive ketones (excluding diaryl/α,β-unsaturated/α-hetero) is 1. The summed E-state index contributed by atoms with van der Waals surface area (Å²) in [5.74, 6) is 1.46. The van der Waals surface area contributed by atoms with Crippen molar-refractivity contribution in [2.24, 2.45) is 5.92 Å². The number of fused-ring (bicyclic) bond motifs is 2. The number of ether oxygens (including phenoxy) is 1. The van der Waals surface area contributed by atoms with Gasteiger partial charge >= 0.3 is 0 Å². The van der Waals surface area contributed by atoms with Gasteiger partial charge in [-0.3, -0.25) is 14.6 Å². The fraction of sp³-hybridized carbons (Fsp3) is 0.343. The zero-order valence-corrected chi connectivity index (χ0v) is 23.0. The average molecular weight is 537 g/mol. The Morgan fingerprint density at radius 1 is 0.850 bits per heavy atom. The van der Waals surface area contributed by atoms with Gasteiger partial charge in [-0.2, -0.15) is 0 Å². The summed E-state index contributed by atoms with van der Waals surface area (Å²) in [5, 5.41) is 2.65. The molecular weight excluding hydrogens is 499 g/mol. The molecule has 2 heterocycles. The van der Waals surface area contributed by atoms with Gasteiger partial charge in [0.2, 0.25) is 0 Å². The molecule has 0 radical (unpaired) electrons. The lowest BCUT2D eigenvalue weighted by Crippen LogP contribution is -2.33. The van der Waals surface area contributed by atoms with Gasteiger partial charge < -0.3 is 4.74 Å². The second-order valence-electron chi connectivity index (χ2n) is 11.3. The molecule has 0 aromatic heterocycles. The highest BCUT2D eigenvalue weighted by atomic mass is 19.1. The zero-order valence-electron chi connectivity index (χ0n) is 23.0. The predicted octanol–water partition coefficient (Wildman–Crippen LogP) is 7.25. The first-order valence-electron chi connectivity index (χ1n) is 14.6.